The molecule has 0 saturated heterocycles. The van der Waals surface area contributed by atoms with Crippen molar-refractivity contribution in [3.8, 4) is 10.6 Å². The Labute approximate surface area is 172 Å². The predicted molar refractivity (Wildman–Crippen MR) is 112 cm³/mol. The van der Waals surface area contributed by atoms with E-state index in [1.165, 1.54) is 36.5 Å². The molecule has 0 aliphatic heterocycles. The number of aryl methyl sites for hydroxylation is 1. The lowest BCUT2D eigenvalue weighted by Gasteiger charge is -2.27. The molecule has 1 heterocycles. The molecule has 2 aromatic carbocycles. The van der Waals surface area contributed by atoms with E-state index in [2.05, 4.69) is 15.5 Å². The van der Waals surface area contributed by atoms with Crippen molar-refractivity contribution in [3.05, 3.63) is 59.9 Å². The molecule has 0 aliphatic carbocycles. The molecular weight excluding hydrogens is 415 g/mol. The van der Waals surface area contributed by atoms with E-state index < -0.39 is 27.8 Å². The zero-order valence-electron chi connectivity index (χ0n) is 16.0. The van der Waals surface area contributed by atoms with Crippen LogP contribution in [0.25, 0.3) is 10.6 Å². The fourth-order valence-corrected chi connectivity index (χ4v) is 4.64. The van der Waals surface area contributed by atoms with E-state index >= 15 is 0 Å². The van der Waals surface area contributed by atoms with Crippen molar-refractivity contribution < 1.29 is 17.6 Å². The normalized spacial score (nSPS) is 12.4. The standard InChI is InChI=1S/C19H19FN4O3S2/c1-12-7-9-14(10-8-12)18-22-23-19(28-18)21-17(25)13(2)24(29(3,26)27)16-6-4-5-15(20)11-16/h4-11,13H,1-3H3,(H,21,23,25)/t13-/m0/s1. The number of amides is 1. The molecule has 0 bridgehead atoms. The van der Waals surface area contributed by atoms with E-state index in [0.29, 0.717) is 5.01 Å². The van der Waals surface area contributed by atoms with E-state index in [9.17, 15) is 17.6 Å². The first-order chi connectivity index (χ1) is 13.6. The predicted octanol–water partition coefficient (Wildman–Crippen LogP) is 3.45. The van der Waals surface area contributed by atoms with Crippen LogP contribution in [0.1, 0.15) is 12.5 Å². The fourth-order valence-electron chi connectivity index (χ4n) is 2.72. The van der Waals surface area contributed by atoms with Crippen LogP contribution in [0.2, 0.25) is 0 Å². The zero-order chi connectivity index (χ0) is 21.2. The number of carbonyl (C=O) groups excluding carboxylic acids is 1. The highest BCUT2D eigenvalue weighted by Gasteiger charge is 2.30. The maximum atomic E-state index is 13.6. The summed E-state index contributed by atoms with van der Waals surface area (Å²) in [7, 11) is -3.84. The van der Waals surface area contributed by atoms with Crippen molar-refractivity contribution in [1.82, 2.24) is 10.2 Å². The zero-order valence-corrected chi connectivity index (χ0v) is 17.6. The summed E-state index contributed by atoms with van der Waals surface area (Å²) in [6, 6.07) is 11.6. The van der Waals surface area contributed by atoms with Crippen molar-refractivity contribution in [3.63, 3.8) is 0 Å². The number of halogens is 1. The van der Waals surface area contributed by atoms with Gasteiger partial charge < -0.3 is 0 Å². The summed E-state index contributed by atoms with van der Waals surface area (Å²) in [5, 5.41) is 11.5. The van der Waals surface area contributed by atoms with Crippen LogP contribution in [0.3, 0.4) is 0 Å². The van der Waals surface area contributed by atoms with Crippen molar-refractivity contribution in [2.24, 2.45) is 0 Å². The van der Waals surface area contributed by atoms with E-state index in [-0.39, 0.29) is 10.8 Å². The van der Waals surface area contributed by atoms with Gasteiger partial charge in [-0.1, -0.05) is 47.2 Å². The minimum atomic E-state index is -3.84. The molecule has 0 spiro atoms. The molecule has 0 fully saturated rings. The maximum absolute atomic E-state index is 13.6. The molecule has 3 aromatic rings. The van der Waals surface area contributed by atoms with Gasteiger partial charge in [0.1, 0.15) is 16.9 Å². The fraction of sp³-hybridized carbons (Fsp3) is 0.211. The summed E-state index contributed by atoms with van der Waals surface area (Å²) in [4.78, 5) is 12.7. The summed E-state index contributed by atoms with van der Waals surface area (Å²) in [6.45, 7) is 3.40. The molecule has 1 amide bonds. The van der Waals surface area contributed by atoms with Crippen LogP contribution in [0, 0.1) is 12.7 Å². The highest BCUT2D eigenvalue weighted by molar-refractivity contribution is 7.92. The second-order valence-electron chi connectivity index (χ2n) is 6.48. The molecule has 0 radical (unpaired) electrons. The number of nitrogens with one attached hydrogen (secondary N) is 1. The molecule has 3 rings (SSSR count). The molecule has 29 heavy (non-hydrogen) atoms. The Morgan fingerprint density at radius 2 is 1.86 bits per heavy atom. The average Bonchev–Trinajstić information content (AvgIpc) is 3.09. The number of rotatable bonds is 6. The summed E-state index contributed by atoms with van der Waals surface area (Å²) in [5.41, 5.74) is 2.03. The lowest BCUT2D eigenvalue weighted by atomic mass is 10.2. The SMILES string of the molecule is Cc1ccc(-c2nnc(NC(=O)[C@H](C)N(c3cccc(F)c3)S(C)(=O)=O)s2)cc1. The summed E-state index contributed by atoms with van der Waals surface area (Å²) < 4.78 is 39.0. The average molecular weight is 435 g/mol. The number of benzene rings is 2. The second kappa shape index (κ2) is 8.26. The Balaban J connectivity index is 1.81. The van der Waals surface area contributed by atoms with Gasteiger partial charge in [0.05, 0.1) is 11.9 Å². The van der Waals surface area contributed by atoms with Crippen molar-refractivity contribution in [2.75, 3.05) is 15.9 Å². The number of hydrogen-bond acceptors (Lipinski definition) is 6. The van der Waals surface area contributed by atoms with E-state index in [1.807, 2.05) is 31.2 Å². The Morgan fingerprint density at radius 1 is 1.17 bits per heavy atom. The van der Waals surface area contributed by atoms with Crippen LogP contribution >= 0.6 is 11.3 Å². The molecule has 1 aromatic heterocycles. The van der Waals surface area contributed by atoms with Gasteiger partial charge in [-0.2, -0.15) is 0 Å². The number of carbonyl (C=O) groups is 1. The molecule has 0 saturated carbocycles. The minimum absolute atomic E-state index is 0.0627. The van der Waals surface area contributed by atoms with Crippen LogP contribution in [-0.2, 0) is 14.8 Å². The molecular formula is C19H19FN4O3S2. The van der Waals surface area contributed by atoms with E-state index in [1.54, 1.807) is 0 Å². The van der Waals surface area contributed by atoms with E-state index in [4.69, 9.17) is 0 Å². The van der Waals surface area contributed by atoms with Gasteiger partial charge in [0.25, 0.3) is 0 Å². The third kappa shape index (κ3) is 4.96. The third-order valence-corrected chi connectivity index (χ3v) is 6.23. The van der Waals surface area contributed by atoms with Gasteiger partial charge in [0.15, 0.2) is 0 Å². The van der Waals surface area contributed by atoms with Gasteiger partial charge in [-0.3, -0.25) is 14.4 Å². The van der Waals surface area contributed by atoms with Crippen molar-refractivity contribution >= 4 is 38.1 Å². The summed E-state index contributed by atoms with van der Waals surface area (Å²) >= 11 is 1.17. The van der Waals surface area contributed by atoms with Crippen LogP contribution in [-0.4, -0.2) is 36.8 Å². The first-order valence-corrected chi connectivity index (χ1v) is 11.3. The highest BCUT2D eigenvalue weighted by atomic mass is 32.2. The maximum Gasteiger partial charge on any atom is 0.249 e. The van der Waals surface area contributed by atoms with Gasteiger partial charge in [0, 0.05) is 5.56 Å². The van der Waals surface area contributed by atoms with Gasteiger partial charge in [-0.15, -0.1) is 10.2 Å². The van der Waals surface area contributed by atoms with Crippen molar-refractivity contribution in [2.45, 2.75) is 19.9 Å². The molecule has 10 heteroatoms. The molecule has 7 nitrogen and oxygen atoms in total. The van der Waals surface area contributed by atoms with Crippen molar-refractivity contribution in [1.29, 1.82) is 0 Å². The molecule has 0 aliphatic rings. The lowest BCUT2D eigenvalue weighted by Crippen LogP contribution is -2.45. The van der Waals surface area contributed by atoms with Gasteiger partial charge in [-0.05, 0) is 32.0 Å². The molecule has 1 atom stereocenters. The summed E-state index contributed by atoms with van der Waals surface area (Å²) in [5.74, 6) is -1.21. The number of aromatic nitrogens is 2. The third-order valence-electron chi connectivity index (χ3n) is 4.10. The molecule has 0 unspecified atom stereocenters. The first kappa shape index (κ1) is 20.9. The Hall–Kier alpha value is -2.85. The molecule has 1 N–H and O–H groups in total. The largest absolute Gasteiger partial charge is 0.299 e. The van der Waals surface area contributed by atoms with E-state index in [0.717, 1.165) is 27.8 Å². The van der Waals surface area contributed by atoms with Gasteiger partial charge in [-0.25, -0.2) is 12.8 Å². The summed E-state index contributed by atoms with van der Waals surface area (Å²) in [6.07, 6.45) is 0.960. The monoisotopic (exact) mass is 434 g/mol. The molecule has 152 valence electrons. The Bertz CT molecular complexity index is 1130. The van der Waals surface area contributed by atoms with Crippen LogP contribution in [0.5, 0.6) is 0 Å². The lowest BCUT2D eigenvalue weighted by molar-refractivity contribution is -0.116. The number of anilines is 2. The quantitative estimate of drug-likeness (QED) is 0.642. The highest BCUT2D eigenvalue weighted by Crippen LogP contribution is 2.27. The van der Waals surface area contributed by atoms with Gasteiger partial charge in [0.2, 0.25) is 21.1 Å². The van der Waals surface area contributed by atoms with Crippen LogP contribution in [0.15, 0.2) is 48.5 Å². The number of sulfonamides is 1. The topological polar surface area (TPSA) is 92.3 Å². The first-order valence-electron chi connectivity index (χ1n) is 8.61. The minimum Gasteiger partial charge on any atom is -0.299 e. The Morgan fingerprint density at radius 3 is 2.48 bits per heavy atom. The number of hydrogen-bond donors (Lipinski definition) is 1. The second-order valence-corrected chi connectivity index (χ2v) is 9.32. The smallest absolute Gasteiger partial charge is 0.249 e. The number of nitrogens with zero attached hydrogens (tertiary/aromatic N) is 3. The van der Waals surface area contributed by atoms with Crippen LogP contribution < -0.4 is 9.62 Å². The Kier molecular flexibility index (Phi) is 5.94. The van der Waals surface area contributed by atoms with Gasteiger partial charge >= 0.3 is 0 Å². The van der Waals surface area contributed by atoms with Crippen LogP contribution in [0.4, 0.5) is 15.2 Å².